The third-order valence-corrected chi connectivity index (χ3v) is 5.42. The van der Waals surface area contributed by atoms with Gasteiger partial charge in [0.2, 0.25) is 0 Å². The molecular formula is C19H22N2O5S. The summed E-state index contributed by atoms with van der Waals surface area (Å²) in [5, 5.41) is 11.6. The van der Waals surface area contributed by atoms with Gasteiger partial charge in [0.25, 0.3) is 15.9 Å². The summed E-state index contributed by atoms with van der Waals surface area (Å²) >= 11 is 0. The lowest BCUT2D eigenvalue weighted by molar-refractivity contribution is -0.140. The molecule has 27 heavy (non-hydrogen) atoms. The molecule has 0 spiro atoms. The van der Waals surface area contributed by atoms with Crippen molar-refractivity contribution in [2.75, 3.05) is 4.72 Å². The monoisotopic (exact) mass is 390 g/mol. The number of aryl methyl sites for hydroxylation is 1. The van der Waals surface area contributed by atoms with Crippen LogP contribution < -0.4 is 10.0 Å². The molecule has 8 heteroatoms. The number of nitrogens with one attached hydrogen (secondary N) is 2. The first kappa shape index (κ1) is 20.4. The zero-order valence-corrected chi connectivity index (χ0v) is 16.1. The highest BCUT2D eigenvalue weighted by Crippen LogP contribution is 2.19. The molecule has 2 aromatic rings. The van der Waals surface area contributed by atoms with Gasteiger partial charge in [0.1, 0.15) is 6.04 Å². The zero-order chi connectivity index (χ0) is 20.2. The lowest BCUT2D eigenvalue weighted by atomic mass is 10.0. The second-order valence-electron chi connectivity index (χ2n) is 6.48. The number of carbonyl (C=O) groups excluding carboxylic acids is 1. The number of hydrogen-bond acceptors (Lipinski definition) is 4. The minimum absolute atomic E-state index is 0.000877. The second kappa shape index (κ2) is 8.22. The van der Waals surface area contributed by atoms with Crippen molar-refractivity contribution >= 4 is 27.6 Å². The standard InChI is InChI=1S/C19H22N2O5S/c1-12(2)17(19(23)24)20-18(22)14-8-10-15(11-9-14)27(25,26)21-16-7-5-4-6-13(16)3/h4-12,17,21H,1-3H3,(H,20,22)(H,23,24)/t17-/m1/s1. The van der Waals surface area contributed by atoms with Crippen molar-refractivity contribution in [2.45, 2.75) is 31.7 Å². The number of amides is 1. The van der Waals surface area contributed by atoms with Gasteiger partial charge in [-0.3, -0.25) is 9.52 Å². The van der Waals surface area contributed by atoms with E-state index in [0.29, 0.717) is 5.69 Å². The van der Waals surface area contributed by atoms with Crippen molar-refractivity contribution in [2.24, 2.45) is 5.92 Å². The fourth-order valence-electron chi connectivity index (χ4n) is 2.41. The average molecular weight is 390 g/mol. The van der Waals surface area contributed by atoms with Gasteiger partial charge >= 0.3 is 5.97 Å². The van der Waals surface area contributed by atoms with E-state index in [0.717, 1.165) is 5.56 Å². The van der Waals surface area contributed by atoms with Gasteiger partial charge in [0, 0.05) is 5.56 Å². The highest BCUT2D eigenvalue weighted by atomic mass is 32.2. The summed E-state index contributed by atoms with van der Waals surface area (Å²) in [6.45, 7) is 5.16. The largest absolute Gasteiger partial charge is 0.480 e. The molecule has 0 heterocycles. The minimum atomic E-state index is -3.80. The van der Waals surface area contributed by atoms with Gasteiger partial charge in [-0.2, -0.15) is 0 Å². The minimum Gasteiger partial charge on any atom is -0.480 e. The molecule has 144 valence electrons. The smallest absolute Gasteiger partial charge is 0.326 e. The molecule has 0 aliphatic rings. The first-order chi connectivity index (χ1) is 12.6. The van der Waals surface area contributed by atoms with Crippen molar-refractivity contribution < 1.29 is 23.1 Å². The molecule has 0 saturated carbocycles. The molecule has 2 rings (SSSR count). The fourth-order valence-corrected chi connectivity index (χ4v) is 3.55. The Labute approximate surface area is 158 Å². The van der Waals surface area contributed by atoms with E-state index in [9.17, 15) is 18.0 Å². The first-order valence-electron chi connectivity index (χ1n) is 8.34. The Morgan fingerprint density at radius 3 is 2.11 bits per heavy atom. The van der Waals surface area contributed by atoms with E-state index in [1.807, 2.05) is 6.07 Å². The number of carboxylic acids is 1. The summed E-state index contributed by atoms with van der Waals surface area (Å²) in [6, 6.07) is 11.3. The molecular weight excluding hydrogens is 368 g/mol. The Bertz CT molecular complexity index is 937. The lowest BCUT2D eigenvalue weighted by Gasteiger charge is -2.18. The van der Waals surface area contributed by atoms with E-state index >= 15 is 0 Å². The number of benzene rings is 2. The number of carbonyl (C=O) groups is 2. The van der Waals surface area contributed by atoms with Crippen LogP contribution in [-0.2, 0) is 14.8 Å². The number of hydrogen-bond donors (Lipinski definition) is 3. The number of anilines is 1. The van der Waals surface area contributed by atoms with Gasteiger partial charge in [-0.05, 0) is 48.7 Å². The van der Waals surface area contributed by atoms with Gasteiger partial charge in [-0.25, -0.2) is 13.2 Å². The fraction of sp³-hybridized carbons (Fsp3) is 0.263. The Hall–Kier alpha value is -2.87. The maximum absolute atomic E-state index is 12.5. The number of aliphatic carboxylic acids is 1. The summed E-state index contributed by atoms with van der Waals surface area (Å²) in [5.41, 5.74) is 1.43. The molecule has 3 N–H and O–H groups in total. The molecule has 0 bridgehead atoms. The summed E-state index contributed by atoms with van der Waals surface area (Å²) in [7, 11) is -3.80. The molecule has 7 nitrogen and oxygen atoms in total. The van der Waals surface area contributed by atoms with E-state index < -0.39 is 27.9 Å². The van der Waals surface area contributed by atoms with Crippen molar-refractivity contribution in [3.05, 3.63) is 59.7 Å². The van der Waals surface area contributed by atoms with E-state index in [1.165, 1.54) is 24.3 Å². The van der Waals surface area contributed by atoms with Crippen LogP contribution in [0.2, 0.25) is 0 Å². The van der Waals surface area contributed by atoms with E-state index in [4.69, 9.17) is 5.11 Å². The highest BCUT2D eigenvalue weighted by molar-refractivity contribution is 7.92. The quantitative estimate of drug-likeness (QED) is 0.673. The van der Waals surface area contributed by atoms with Crippen LogP contribution in [0.5, 0.6) is 0 Å². The topological polar surface area (TPSA) is 113 Å². The van der Waals surface area contributed by atoms with Crippen LogP contribution in [0.4, 0.5) is 5.69 Å². The number of para-hydroxylation sites is 1. The van der Waals surface area contributed by atoms with E-state index in [-0.39, 0.29) is 16.4 Å². The lowest BCUT2D eigenvalue weighted by Crippen LogP contribution is -2.44. The summed E-state index contributed by atoms with van der Waals surface area (Å²) in [4.78, 5) is 23.4. The molecule has 0 aromatic heterocycles. The summed E-state index contributed by atoms with van der Waals surface area (Å²) < 4.78 is 27.5. The molecule has 0 fully saturated rings. The van der Waals surface area contributed by atoms with Gasteiger partial charge < -0.3 is 10.4 Å². The van der Waals surface area contributed by atoms with Crippen LogP contribution in [0.1, 0.15) is 29.8 Å². The SMILES string of the molecule is Cc1ccccc1NS(=O)(=O)c1ccc(C(=O)N[C@@H](C(=O)O)C(C)C)cc1. The molecule has 0 aliphatic carbocycles. The maximum Gasteiger partial charge on any atom is 0.326 e. The van der Waals surface area contributed by atoms with Gasteiger partial charge in [-0.15, -0.1) is 0 Å². The first-order valence-corrected chi connectivity index (χ1v) is 9.82. The Morgan fingerprint density at radius 2 is 1.59 bits per heavy atom. The third-order valence-electron chi connectivity index (χ3n) is 4.04. The van der Waals surface area contributed by atoms with Crippen molar-refractivity contribution in [1.82, 2.24) is 5.32 Å². The third kappa shape index (κ3) is 5.07. The molecule has 0 saturated heterocycles. The zero-order valence-electron chi connectivity index (χ0n) is 15.3. The van der Waals surface area contributed by atoms with E-state index in [2.05, 4.69) is 10.0 Å². The van der Waals surface area contributed by atoms with Crippen LogP contribution in [-0.4, -0.2) is 31.4 Å². The average Bonchev–Trinajstić information content (AvgIpc) is 2.61. The van der Waals surface area contributed by atoms with Crippen LogP contribution in [0, 0.1) is 12.8 Å². The molecule has 0 unspecified atom stereocenters. The molecule has 0 radical (unpaired) electrons. The van der Waals surface area contributed by atoms with Crippen molar-refractivity contribution in [1.29, 1.82) is 0 Å². The molecule has 1 atom stereocenters. The van der Waals surface area contributed by atoms with Crippen LogP contribution in [0.25, 0.3) is 0 Å². The predicted molar refractivity (Wildman–Crippen MR) is 102 cm³/mol. The van der Waals surface area contributed by atoms with Crippen molar-refractivity contribution in [3.8, 4) is 0 Å². The summed E-state index contributed by atoms with van der Waals surface area (Å²) in [5.74, 6) is -1.99. The summed E-state index contributed by atoms with van der Waals surface area (Å²) in [6.07, 6.45) is 0. The van der Waals surface area contributed by atoms with Crippen LogP contribution in [0.15, 0.2) is 53.4 Å². The van der Waals surface area contributed by atoms with Crippen LogP contribution in [0.3, 0.4) is 0 Å². The number of carboxylic acid groups (broad SMARTS) is 1. The van der Waals surface area contributed by atoms with Gasteiger partial charge in [0.15, 0.2) is 0 Å². The normalized spacial score (nSPS) is 12.4. The van der Waals surface area contributed by atoms with E-state index in [1.54, 1.807) is 39.0 Å². The molecule has 2 aromatic carbocycles. The van der Waals surface area contributed by atoms with Crippen LogP contribution >= 0.6 is 0 Å². The molecule has 1 amide bonds. The number of sulfonamides is 1. The van der Waals surface area contributed by atoms with Crippen molar-refractivity contribution in [3.63, 3.8) is 0 Å². The maximum atomic E-state index is 12.5. The van der Waals surface area contributed by atoms with Gasteiger partial charge in [0.05, 0.1) is 10.6 Å². The Balaban J connectivity index is 2.17. The predicted octanol–water partition coefficient (Wildman–Crippen LogP) is 2.63. The Morgan fingerprint density at radius 1 is 1.00 bits per heavy atom. The molecule has 0 aliphatic heterocycles. The number of rotatable bonds is 7. The van der Waals surface area contributed by atoms with Gasteiger partial charge in [-0.1, -0.05) is 32.0 Å². The highest BCUT2D eigenvalue weighted by Gasteiger charge is 2.24. The Kier molecular flexibility index (Phi) is 6.22. The second-order valence-corrected chi connectivity index (χ2v) is 8.16.